The van der Waals surface area contributed by atoms with Gasteiger partial charge in [-0.05, 0) is 43.2 Å². The van der Waals surface area contributed by atoms with Gasteiger partial charge in [0.25, 0.3) is 5.91 Å². The third-order valence-corrected chi connectivity index (χ3v) is 4.06. The normalized spacial score (nSPS) is 10.7. The van der Waals surface area contributed by atoms with Crippen molar-refractivity contribution in [2.45, 2.75) is 26.9 Å². The number of benzene rings is 2. The van der Waals surface area contributed by atoms with Gasteiger partial charge in [-0.2, -0.15) is 0 Å². The highest BCUT2D eigenvalue weighted by atomic mass is 127. The zero-order valence-corrected chi connectivity index (χ0v) is 18.7. The molecule has 2 aromatic carbocycles. The minimum Gasteiger partial charge on any atom is -0.357 e. The Hall–Kier alpha value is -1.80. The van der Waals surface area contributed by atoms with Crippen molar-refractivity contribution in [3.05, 3.63) is 70.2 Å². The van der Waals surface area contributed by atoms with Gasteiger partial charge in [-0.15, -0.1) is 24.0 Å². The van der Waals surface area contributed by atoms with Gasteiger partial charge in [0.1, 0.15) is 0 Å². The Morgan fingerprint density at radius 3 is 2.44 bits per heavy atom. The van der Waals surface area contributed by atoms with E-state index in [1.807, 2.05) is 56.3 Å². The molecule has 0 spiro atoms. The minimum atomic E-state index is -0.0675. The number of hydrogen-bond donors (Lipinski definition) is 3. The number of halogens is 2. The second kappa shape index (κ2) is 12.6. The summed E-state index contributed by atoms with van der Waals surface area (Å²) in [5.74, 6) is 0.637. The lowest BCUT2D eigenvalue weighted by molar-refractivity contribution is 0.0955. The van der Waals surface area contributed by atoms with Gasteiger partial charge in [0, 0.05) is 30.2 Å². The smallest absolute Gasteiger partial charge is 0.251 e. The fourth-order valence-electron chi connectivity index (χ4n) is 2.41. The molecule has 7 heteroatoms. The number of carbonyl (C=O) groups excluding carboxylic acids is 1. The first-order chi connectivity index (χ1) is 12.6. The van der Waals surface area contributed by atoms with E-state index in [2.05, 4.69) is 20.9 Å². The summed E-state index contributed by atoms with van der Waals surface area (Å²) < 4.78 is 0. The summed E-state index contributed by atoms with van der Waals surface area (Å²) in [7, 11) is 0. The third kappa shape index (κ3) is 7.76. The van der Waals surface area contributed by atoms with E-state index in [1.54, 1.807) is 6.07 Å². The SMILES string of the molecule is CCNC(=O)c1cccc(CN=C(NCC)NCc2ccccc2Cl)c1.I. The highest BCUT2D eigenvalue weighted by Crippen LogP contribution is 2.14. The van der Waals surface area contributed by atoms with Crippen molar-refractivity contribution in [3.63, 3.8) is 0 Å². The monoisotopic (exact) mass is 500 g/mol. The number of rotatable bonds is 7. The number of nitrogens with zero attached hydrogens (tertiary/aromatic N) is 1. The Morgan fingerprint density at radius 2 is 1.74 bits per heavy atom. The molecule has 0 heterocycles. The number of nitrogens with one attached hydrogen (secondary N) is 3. The van der Waals surface area contributed by atoms with E-state index >= 15 is 0 Å². The molecule has 3 N–H and O–H groups in total. The van der Waals surface area contributed by atoms with Crippen LogP contribution in [0.3, 0.4) is 0 Å². The number of carbonyl (C=O) groups is 1. The van der Waals surface area contributed by atoms with Crippen LogP contribution in [0, 0.1) is 0 Å². The Balaban J connectivity index is 0.00000364. The van der Waals surface area contributed by atoms with Crippen molar-refractivity contribution in [3.8, 4) is 0 Å². The van der Waals surface area contributed by atoms with E-state index in [4.69, 9.17) is 11.6 Å². The van der Waals surface area contributed by atoms with Crippen LogP contribution in [-0.4, -0.2) is 25.0 Å². The van der Waals surface area contributed by atoms with Crippen molar-refractivity contribution in [2.24, 2.45) is 4.99 Å². The van der Waals surface area contributed by atoms with Gasteiger partial charge in [-0.1, -0.05) is 41.9 Å². The number of guanidine groups is 1. The first-order valence-corrected chi connectivity index (χ1v) is 9.14. The molecule has 0 unspecified atom stereocenters. The third-order valence-electron chi connectivity index (χ3n) is 3.69. The molecule has 0 aliphatic heterocycles. The zero-order valence-electron chi connectivity index (χ0n) is 15.6. The second-order valence-corrected chi connectivity index (χ2v) is 6.11. The molecule has 0 aliphatic carbocycles. The molecule has 0 saturated carbocycles. The summed E-state index contributed by atoms with van der Waals surface area (Å²) in [6, 6.07) is 15.2. The van der Waals surface area contributed by atoms with Crippen LogP contribution in [0.25, 0.3) is 0 Å². The zero-order chi connectivity index (χ0) is 18.8. The lowest BCUT2D eigenvalue weighted by Gasteiger charge is -2.12. The van der Waals surface area contributed by atoms with Crippen molar-refractivity contribution in [1.82, 2.24) is 16.0 Å². The molecule has 0 aromatic heterocycles. The topological polar surface area (TPSA) is 65.5 Å². The molecule has 0 radical (unpaired) electrons. The summed E-state index contributed by atoms with van der Waals surface area (Å²) in [4.78, 5) is 16.5. The van der Waals surface area contributed by atoms with Gasteiger partial charge in [0.15, 0.2) is 5.96 Å². The van der Waals surface area contributed by atoms with Crippen LogP contribution in [0.1, 0.15) is 35.3 Å². The van der Waals surface area contributed by atoms with Gasteiger partial charge in [-0.3, -0.25) is 4.79 Å². The van der Waals surface area contributed by atoms with Gasteiger partial charge in [0.2, 0.25) is 0 Å². The maximum absolute atomic E-state index is 11.9. The Morgan fingerprint density at radius 1 is 1.00 bits per heavy atom. The van der Waals surface area contributed by atoms with Crippen molar-refractivity contribution in [2.75, 3.05) is 13.1 Å². The fraction of sp³-hybridized carbons (Fsp3) is 0.300. The molecule has 2 aromatic rings. The van der Waals surface area contributed by atoms with Crippen molar-refractivity contribution < 1.29 is 4.79 Å². The molecule has 27 heavy (non-hydrogen) atoms. The Labute approximate surface area is 183 Å². The van der Waals surface area contributed by atoms with Gasteiger partial charge in [-0.25, -0.2) is 4.99 Å². The second-order valence-electron chi connectivity index (χ2n) is 5.70. The van der Waals surface area contributed by atoms with E-state index in [9.17, 15) is 4.79 Å². The molecule has 0 fully saturated rings. The van der Waals surface area contributed by atoms with E-state index < -0.39 is 0 Å². The average molecular weight is 501 g/mol. The van der Waals surface area contributed by atoms with E-state index in [0.717, 1.165) is 22.7 Å². The Bertz CT molecular complexity index is 767. The molecule has 0 atom stereocenters. The largest absolute Gasteiger partial charge is 0.357 e. The first kappa shape index (κ1) is 23.2. The molecule has 2 rings (SSSR count). The molecular weight excluding hydrogens is 475 g/mol. The van der Waals surface area contributed by atoms with Crippen LogP contribution < -0.4 is 16.0 Å². The fourth-order valence-corrected chi connectivity index (χ4v) is 2.61. The molecule has 0 bridgehead atoms. The summed E-state index contributed by atoms with van der Waals surface area (Å²) in [5, 5.41) is 10.0. The summed E-state index contributed by atoms with van der Waals surface area (Å²) in [6.07, 6.45) is 0. The van der Waals surface area contributed by atoms with E-state index in [0.29, 0.717) is 31.2 Å². The maximum Gasteiger partial charge on any atom is 0.251 e. The van der Waals surface area contributed by atoms with Crippen LogP contribution in [0.2, 0.25) is 5.02 Å². The summed E-state index contributed by atoms with van der Waals surface area (Å²) in [6.45, 7) is 6.35. The van der Waals surface area contributed by atoms with Gasteiger partial charge < -0.3 is 16.0 Å². The standard InChI is InChI=1S/C20H25ClN4O.HI/c1-3-22-19(26)16-10-7-8-15(12-16)13-24-20(23-4-2)25-14-17-9-5-6-11-18(17)21;/h5-12H,3-4,13-14H2,1-2H3,(H,22,26)(H2,23,24,25);1H. The average Bonchev–Trinajstić information content (AvgIpc) is 2.65. The predicted octanol–water partition coefficient (Wildman–Crippen LogP) is 3.96. The molecular formula is C20H26ClIN4O. The minimum absolute atomic E-state index is 0. The Kier molecular flexibility index (Phi) is 10.8. The lowest BCUT2D eigenvalue weighted by Crippen LogP contribution is -2.36. The van der Waals surface area contributed by atoms with Crippen LogP contribution in [0.4, 0.5) is 0 Å². The van der Waals surface area contributed by atoms with Crippen molar-refractivity contribution >= 4 is 47.4 Å². The van der Waals surface area contributed by atoms with Gasteiger partial charge >= 0.3 is 0 Å². The molecule has 5 nitrogen and oxygen atoms in total. The predicted molar refractivity (Wildman–Crippen MR) is 123 cm³/mol. The quantitative estimate of drug-likeness (QED) is 0.306. The lowest BCUT2D eigenvalue weighted by atomic mass is 10.1. The van der Waals surface area contributed by atoms with Crippen LogP contribution >= 0.6 is 35.6 Å². The van der Waals surface area contributed by atoms with Crippen LogP contribution in [0.5, 0.6) is 0 Å². The number of amides is 1. The first-order valence-electron chi connectivity index (χ1n) is 8.76. The molecule has 1 amide bonds. The van der Waals surface area contributed by atoms with Gasteiger partial charge in [0.05, 0.1) is 6.54 Å². The summed E-state index contributed by atoms with van der Waals surface area (Å²) >= 11 is 6.19. The summed E-state index contributed by atoms with van der Waals surface area (Å²) in [5.41, 5.74) is 2.63. The molecule has 0 aliphatic rings. The van der Waals surface area contributed by atoms with E-state index in [-0.39, 0.29) is 29.9 Å². The molecule has 0 saturated heterocycles. The highest BCUT2D eigenvalue weighted by Gasteiger charge is 2.05. The molecule has 146 valence electrons. The van der Waals surface area contributed by atoms with E-state index in [1.165, 1.54) is 0 Å². The highest BCUT2D eigenvalue weighted by molar-refractivity contribution is 14.0. The number of hydrogen-bond acceptors (Lipinski definition) is 2. The number of aliphatic imine (C=N–C) groups is 1. The van der Waals surface area contributed by atoms with Crippen LogP contribution in [-0.2, 0) is 13.1 Å². The van der Waals surface area contributed by atoms with Crippen molar-refractivity contribution in [1.29, 1.82) is 0 Å². The maximum atomic E-state index is 11.9. The van der Waals surface area contributed by atoms with Crippen LogP contribution in [0.15, 0.2) is 53.5 Å².